The SMILES string of the molecule is CC1CNCC(COCc2nncn2C)O1. The summed E-state index contributed by atoms with van der Waals surface area (Å²) in [4.78, 5) is 0. The van der Waals surface area contributed by atoms with Crippen LogP contribution in [0.25, 0.3) is 0 Å². The third-order valence-corrected chi connectivity index (χ3v) is 2.57. The molecule has 1 aliphatic heterocycles. The van der Waals surface area contributed by atoms with Crippen molar-refractivity contribution in [3.8, 4) is 0 Å². The van der Waals surface area contributed by atoms with Crippen LogP contribution in [0, 0.1) is 0 Å². The summed E-state index contributed by atoms with van der Waals surface area (Å²) in [6, 6.07) is 0. The molecule has 2 heterocycles. The lowest BCUT2D eigenvalue weighted by atomic mass is 10.2. The summed E-state index contributed by atoms with van der Waals surface area (Å²) >= 11 is 0. The maximum Gasteiger partial charge on any atom is 0.158 e. The predicted octanol–water partition coefficient (Wildman–Crippen LogP) is -0.291. The first-order valence-corrected chi connectivity index (χ1v) is 5.52. The van der Waals surface area contributed by atoms with Gasteiger partial charge < -0.3 is 19.4 Å². The van der Waals surface area contributed by atoms with Crippen molar-refractivity contribution in [3.05, 3.63) is 12.2 Å². The van der Waals surface area contributed by atoms with Gasteiger partial charge in [-0.25, -0.2) is 0 Å². The molecule has 0 amide bonds. The summed E-state index contributed by atoms with van der Waals surface area (Å²) < 4.78 is 13.1. The molecule has 1 aromatic rings. The van der Waals surface area contributed by atoms with Gasteiger partial charge in [-0.15, -0.1) is 10.2 Å². The molecule has 1 aromatic heterocycles. The molecule has 1 fully saturated rings. The van der Waals surface area contributed by atoms with Crippen LogP contribution in [0.1, 0.15) is 12.7 Å². The van der Waals surface area contributed by atoms with E-state index in [1.54, 1.807) is 6.33 Å². The summed E-state index contributed by atoms with van der Waals surface area (Å²) in [5, 5.41) is 11.0. The van der Waals surface area contributed by atoms with Crippen LogP contribution >= 0.6 is 0 Å². The van der Waals surface area contributed by atoms with Gasteiger partial charge in [0.15, 0.2) is 5.82 Å². The van der Waals surface area contributed by atoms with Crippen molar-refractivity contribution in [2.24, 2.45) is 7.05 Å². The fraction of sp³-hybridized carbons (Fsp3) is 0.800. The Morgan fingerprint density at radius 3 is 3.19 bits per heavy atom. The first kappa shape index (κ1) is 11.5. The molecule has 90 valence electrons. The Kier molecular flexibility index (Phi) is 3.87. The quantitative estimate of drug-likeness (QED) is 0.764. The highest BCUT2D eigenvalue weighted by Gasteiger charge is 2.18. The zero-order valence-electron chi connectivity index (χ0n) is 9.72. The number of aryl methyl sites for hydroxylation is 1. The molecule has 2 atom stereocenters. The lowest BCUT2D eigenvalue weighted by molar-refractivity contribution is -0.0726. The average Bonchev–Trinajstić information content (AvgIpc) is 2.65. The van der Waals surface area contributed by atoms with Gasteiger partial charge in [-0.2, -0.15) is 0 Å². The van der Waals surface area contributed by atoms with Gasteiger partial charge in [-0.05, 0) is 6.92 Å². The van der Waals surface area contributed by atoms with Gasteiger partial charge in [-0.3, -0.25) is 0 Å². The number of nitrogens with zero attached hydrogens (tertiary/aromatic N) is 3. The zero-order valence-corrected chi connectivity index (χ0v) is 9.72. The predicted molar refractivity (Wildman–Crippen MR) is 57.9 cm³/mol. The summed E-state index contributed by atoms with van der Waals surface area (Å²) in [5.41, 5.74) is 0. The third kappa shape index (κ3) is 3.01. The molecule has 0 aliphatic carbocycles. The summed E-state index contributed by atoms with van der Waals surface area (Å²) in [6.07, 6.45) is 2.06. The van der Waals surface area contributed by atoms with Crippen molar-refractivity contribution in [2.45, 2.75) is 25.7 Å². The molecule has 2 rings (SSSR count). The van der Waals surface area contributed by atoms with Crippen LogP contribution in [0.2, 0.25) is 0 Å². The Morgan fingerprint density at radius 2 is 2.50 bits per heavy atom. The van der Waals surface area contributed by atoms with Crippen molar-refractivity contribution < 1.29 is 9.47 Å². The van der Waals surface area contributed by atoms with Gasteiger partial charge in [0, 0.05) is 20.1 Å². The Labute approximate surface area is 94.9 Å². The Balaban J connectivity index is 1.70. The number of hydrogen-bond donors (Lipinski definition) is 1. The van der Waals surface area contributed by atoms with Crippen LogP contribution in [-0.4, -0.2) is 46.7 Å². The van der Waals surface area contributed by atoms with E-state index in [0.717, 1.165) is 18.9 Å². The minimum Gasteiger partial charge on any atom is -0.371 e. The zero-order chi connectivity index (χ0) is 11.4. The van der Waals surface area contributed by atoms with Gasteiger partial charge in [0.25, 0.3) is 0 Å². The normalized spacial score (nSPS) is 25.9. The lowest BCUT2D eigenvalue weighted by Crippen LogP contribution is -2.45. The monoisotopic (exact) mass is 226 g/mol. The van der Waals surface area contributed by atoms with Gasteiger partial charge >= 0.3 is 0 Å². The first-order valence-electron chi connectivity index (χ1n) is 5.52. The second-order valence-corrected chi connectivity index (χ2v) is 4.10. The maximum atomic E-state index is 5.71. The van der Waals surface area contributed by atoms with Crippen molar-refractivity contribution in [3.63, 3.8) is 0 Å². The molecule has 2 unspecified atom stereocenters. The van der Waals surface area contributed by atoms with Gasteiger partial charge in [0.05, 0.1) is 18.8 Å². The van der Waals surface area contributed by atoms with E-state index in [1.807, 2.05) is 11.6 Å². The smallest absolute Gasteiger partial charge is 0.158 e. The molecule has 6 nitrogen and oxygen atoms in total. The van der Waals surface area contributed by atoms with E-state index >= 15 is 0 Å². The number of ether oxygens (including phenoxy) is 2. The maximum absolute atomic E-state index is 5.71. The molecule has 6 heteroatoms. The summed E-state index contributed by atoms with van der Waals surface area (Å²) in [6.45, 7) is 4.89. The third-order valence-electron chi connectivity index (χ3n) is 2.57. The molecule has 0 spiro atoms. The van der Waals surface area contributed by atoms with Crippen LogP contribution in [0.3, 0.4) is 0 Å². The lowest BCUT2D eigenvalue weighted by Gasteiger charge is -2.28. The molecular formula is C10H18N4O2. The van der Waals surface area contributed by atoms with E-state index in [0.29, 0.717) is 13.2 Å². The van der Waals surface area contributed by atoms with Gasteiger partial charge in [-0.1, -0.05) is 0 Å². The average molecular weight is 226 g/mol. The van der Waals surface area contributed by atoms with E-state index in [-0.39, 0.29) is 12.2 Å². The molecule has 0 bridgehead atoms. The highest BCUT2D eigenvalue weighted by Crippen LogP contribution is 2.04. The number of aromatic nitrogens is 3. The van der Waals surface area contributed by atoms with E-state index in [2.05, 4.69) is 22.4 Å². The van der Waals surface area contributed by atoms with Crippen LogP contribution in [0.15, 0.2) is 6.33 Å². The minimum atomic E-state index is 0.136. The summed E-state index contributed by atoms with van der Waals surface area (Å²) in [7, 11) is 1.90. The second kappa shape index (κ2) is 5.38. The molecule has 0 aromatic carbocycles. The molecule has 16 heavy (non-hydrogen) atoms. The van der Waals surface area contributed by atoms with Gasteiger partial charge in [0.1, 0.15) is 12.9 Å². The fourth-order valence-electron chi connectivity index (χ4n) is 1.69. The molecule has 1 aliphatic rings. The summed E-state index contributed by atoms with van der Waals surface area (Å²) in [5.74, 6) is 0.830. The Bertz CT molecular complexity index is 328. The minimum absolute atomic E-state index is 0.136. The largest absolute Gasteiger partial charge is 0.371 e. The highest BCUT2D eigenvalue weighted by molar-refractivity contribution is 4.81. The van der Waals surface area contributed by atoms with E-state index in [1.165, 1.54) is 0 Å². The number of nitrogens with one attached hydrogen (secondary N) is 1. The van der Waals surface area contributed by atoms with Crippen molar-refractivity contribution in [1.29, 1.82) is 0 Å². The van der Waals surface area contributed by atoms with Crippen LogP contribution in [-0.2, 0) is 23.1 Å². The van der Waals surface area contributed by atoms with Crippen LogP contribution < -0.4 is 5.32 Å². The number of hydrogen-bond acceptors (Lipinski definition) is 5. The van der Waals surface area contributed by atoms with Crippen molar-refractivity contribution in [1.82, 2.24) is 20.1 Å². The molecule has 1 N–H and O–H groups in total. The first-order chi connectivity index (χ1) is 7.75. The highest BCUT2D eigenvalue weighted by atomic mass is 16.5. The molecule has 1 saturated heterocycles. The topological polar surface area (TPSA) is 61.2 Å². The van der Waals surface area contributed by atoms with Crippen molar-refractivity contribution >= 4 is 0 Å². The molecule has 0 saturated carbocycles. The van der Waals surface area contributed by atoms with Crippen LogP contribution in [0.4, 0.5) is 0 Å². The Hall–Kier alpha value is -0.980. The standard InChI is InChI=1S/C10H18N4O2/c1-8-3-11-4-9(16-8)5-15-6-10-13-12-7-14(10)2/h7-9,11H,3-6H2,1-2H3. The van der Waals surface area contributed by atoms with E-state index in [4.69, 9.17) is 9.47 Å². The number of rotatable bonds is 4. The molecule has 0 radical (unpaired) electrons. The fourth-order valence-corrected chi connectivity index (χ4v) is 1.69. The second-order valence-electron chi connectivity index (χ2n) is 4.10. The Morgan fingerprint density at radius 1 is 1.62 bits per heavy atom. The number of morpholine rings is 1. The van der Waals surface area contributed by atoms with Gasteiger partial charge in [0.2, 0.25) is 0 Å². The van der Waals surface area contributed by atoms with E-state index < -0.39 is 0 Å². The van der Waals surface area contributed by atoms with Crippen LogP contribution in [0.5, 0.6) is 0 Å². The van der Waals surface area contributed by atoms with Crippen molar-refractivity contribution in [2.75, 3.05) is 19.7 Å². The molecular weight excluding hydrogens is 208 g/mol. The van der Waals surface area contributed by atoms with E-state index in [9.17, 15) is 0 Å².